The first kappa shape index (κ1) is 14.7. The Kier molecular flexibility index (Phi) is 4.40. The molecule has 0 atom stereocenters. The van der Waals surface area contributed by atoms with Gasteiger partial charge >= 0.3 is 0 Å². The zero-order valence-corrected chi connectivity index (χ0v) is 13.3. The number of rotatable bonds is 4. The smallest absolute Gasteiger partial charge is 0.174 e. The van der Waals surface area contributed by atoms with Crippen molar-refractivity contribution in [2.75, 3.05) is 6.61 Å². The Morgan fingerprint density at radius 2 is 1.90 bits per heavy atom. The van der Waals surface area contributed by atoms with Crippen LogP contribution in [0.4, 0.5) is 0 Å². The molecule has 0 unspecified atom stereocenters. The number of hydrogen-bond acceptors (Lipinski definition) is 3. The first-order valence-electron chi connectivity index (χ1n) is 6.38. The van der Waals surface area contributed by atoms with E-state index in [4.69, 9.17) is 23.2 Å². The summed E-state index contributed by atoms with van der Waals surface area (Å²) in [6, 6.07) is 13.4. The third kappa shape index (κ3) is 3.04. The number of halogens is 2. The van der Waals surface area contributed by atoms with Crippen LogP contribution in [0.3, 0.4) is 0 Å². The second kappa shape index (κ2) is 6.28. The van der Waals surface area contributed by atoms with Gasteiger partial charge in [0.05, 0.1) is 27.7 Å². The Morgan fingerprint density at radius 3 is 2.67 bits per heavy atom. The van der Waals surface area contributed by atoms with Gasteiger partial charge in [0.1, 0.15) is 0 Å². The molecule has 0 fully saturated rings. The van der Waals surface area contributed by atoms with Crippen molar-refractivity contribution in [3.63, 3.8) is 0 Å². The first-order valence-corrected chi connectivity index (χ1v) is 7.95. The van der Waals surface area contributed by atoms with Gasteiger partial charge in [-0.15, -0.1) is 0 Å². The molecule has 0 spiro atoms. The number of hydrogen-bond donors (Lipinski definition) is 1. The zero-order chi connectivity index (χ0) is 14.8. The van der Waals surface area contributed by atoms with Crippen molar-refractivity contribution in [2.24, 2.45) is 0 Å². The Bertz CT molecular complexity index is 788. The van der Waals surface area contributed by atoms with E-state index >= 15 is 0 Å². The number of aromatic nitrogens is 2. The normalized spacial score (nSPS) is 11.2. The van der Waals surface area contributed by atoms with Gasteiger partial charge in [-0.3, -0.25) is 0 Å². The van der Waals surface area contributed by atoms with Crippen LogP contribution in [0.1, 0.15) is 0 Å². The molecule has 3 aromatic rings. The molecule has 21 heavy (non-hydrogen) atoms. The molecular formula is C15H12Cl2N2OS. The maximum absolute atomic E-state index is 9.27. The zero-order valence-electron chi connectivity index (χ0n) is 11.0. The molecule has 2 aromatic carbocycles. The Balaban J connectivity index is 2.02. The summed E-state index contributed by atoms with van der Waals surface area (Å²) < 4.78 is 2.00. The number of fused-ring (bicyclic) bond motifs is 1. The monoisotopic (exact) mass is 338 g/mol. The molecule has 0 saturated carbocycles. The molecule has 0 aliphatic heterocycles. The Labute approximate surface area is 136 Å². The van der Waals surface area contributed by atoms with Crippen LogP contribution in [0.5, 0.6) is 0 Å². The highest BCUT2D eigenvalue weighted by Gasteiger charge is 2.12. The summed E-state index contributed by atoms with van der Waals surface area (Å²) in [5.74, 6) is 0. The molecule has 6 heteroatoms. The van der Waals surface area contributed by atoms with Gasteiger partial charge in [-0.1, -0.05) is 47.1 Å². The van der Waals surface area contributed by atoms with Crippen LogP contribution in [-0.4, -0.2) is 21.3 Å². The minimum Gasteiger partial charge on any atom is -0.395 e. The topological polar surface area (TPSA) is 38.0 Å². The molecular weight excluding hydrogens is 327 g/mol. The van der Waals surface area contributed by atoms with Gasteiger partial charge in [-0.05, 0) is 30.3 Å². The number of imidazole rings is 1. The first-order chi connectivity index (χ1) is 10.2. The summed E-state index contributed by atoms with van der Waals surface area (Å²) in [5.41, 5.74) is 1.92. The van der Waals surface area contributed by atoms with Crippen LogP contribution < -0.4 is 0 Å². The highest BCUT2D eigenvalue weighted by Crippen LogP contribution is 2.33. The predicted octanol–water partition coefficient (Wildman–Crippen LogP) is 4.49. The highest BCUT2D eigenvalue weighted by atomic mass is 35.5. The predicted molar refractivity (Wildman–Crippen MR) is 87.4 cm³/mol. The van der Waals surface area contributed by atoms with Gasteiger partial charge in [0.15, 0.2) is 5.16 Å². The summed E-state index contributed by atoms with van der Waals surface area (Å²) in [5, 5.41) is 11.1. The van der Waals surface area contributed by atoms with Gasteiger partial charge in [0, 0.05) is 11.4 Å². The van der Waals surface area contributed by atoms with Gasteiger partial charge in [-0.2, -0.15) is 0 Å². The Hall–Kier alpha value is -1.20. The molecule has 108 valence electrons. The fraction of sp³-hybridized carbons (Fsp3) is 0.133. The van der Waals surface area contributed by atoms with Crippen molar-refractivity contribution < 1.29 is 5.11 Å². The van der Waals surface area contributed by atoms with Gasteiger partial charge in [-0.25, -0.2) is 4.98 Å². The van der Waals surface area contributed by atoms with Crippen molar-refractivity contribution in [2.45, 2.75) is 16.6 Å². The van der Waals surface area contributed by atoms with E-state index in [0.29, 0.717) is 16.6 Å². The van der Waals surface area contributed by atoms with Crippen LogP contribution >= 0.6 is 35.0 Å². The molecule has 0 bridgehead atoms. The van der Waals surface area contributed by atoms with Crippen LogP contribution in [0.2, 0.25) is 10.0 Å². The molecule has 0 aliphatic carbocycles. The van der Waals surface area contributed by atoms with Crippen molar-refractivity contribution in [3.05, 3.63) is 52.5 Å². The number of aliphatic hydroxyl groups excluding tert-OH is 1. The number of aliphatic hydroxyl groups is 1. The molecule has 3 rings (SSSR count). The maximum Gasteiger partial charge on any atom is 0.174 e. The summed E-state index contributed by atoms with van der Waals surface area (Å²) in [4.78, 5) is 5.57. The average Bonchev–Trinajstić information content (AvgIpc) is 2.81. The molecule has 0 radical (unpaired) electrons. The lowest BCUT2D eigenvalue weighted by Crippen LogP contribution is -2.03. The number of para-hydroxylation sites is 2. The lowest BCUT2D eigenvalue weighted by atomic mass is 10.3. The average molecular weight is 339 g/mol. The molecule has 0 aliphatic rings. The van der Waals surface area contributed by atoms with Crippen LogP contribution in [0.15, 0.2) is 52.5 Å². The van der Waals surface area contributed by atoms with E-state index < -0.39 is 0 Å². The second-order valence-corrected chi connectivity index (χ2v) is 6.29. The molecule has 1 aromatic heterocycles. The molecule has 1 heterocycles. The van der Waals surface area contributed by atoms with Crippen molar-refractivity contribution >= 4 is 46.0 Å². The van der Waals surface area contributed by atoms with Gasteiger partial charge in [0.25, 0.3) is 0 Å². The quantitative estimate of drug-likeness (QED) is 0.761. The fourth-order valence-corrected chi connectivity index (χ4v) is 3.42. The maximum atomic E-state index is 9.27. The summed E-state index contributed by atoms with van der Waals surface area (Å²) in [6.45, 7) is 0.569. The largest absolute Gasteiger partial charge is 0.395 e. The minimum absolute atomic E-state index is 0.0648. The van der Waals surface area contributed by atoms with E-state index in [1.807, 2.05) is 41.0 Å². The van der Waals surface area contributed by atoms with Crippen molar-refractivity contribution in [1.82, 2.24) is 9.55 Å². The van der Waals surface area contributed by atoms with E-state index in [2.05, 4.69) is 4.98 Å². The molecule has 1 N–H and O–H groups in total. The van der Waals surface area contributed by atoms with Crippen LogP contribution in [0.25, 0.3) is 11.0 Å². The van der Waals surface area contributed by atoms with Crippen LogP contribution in [-0.2, 0) is 6.54 Å². The second-order valence-electron chi connectivity index (χ2n) is 4.44. The summed E-state index contributed by atoms with van der Waals surface area (Å²) in [6.07, 6.45) is 0. The lowest BCUT2D eigenvalue weighted by molar-refractivity contribution is 0.273. The van der Waals surface area contributed by atoms with Crippen molar-refractivity contribution in [3.8, 4) is 0 Å². The van der Waals surface area contributed by atoms with E-state index in [-0.39, 0.29) is 6.61 Å². The van der Waals surface area contributed by atoms with E-state index in [1.165, 1.54) is 11.8 Å². The third-order valence-electron chi connectivity index (χ3n) is 3.04. The van der Waals surface area contributed by atoms with Crippen molar-refractivity contribution in [1.29, 1.82) is 0 Å². The lowest BCUT2D eigenvalue weighted by Gasteiger charge is -2.07. The minimum atomic E-state index is 0.0648. The van der Waals surface area contributed by atoms with E-state index in [9.17, 15) is 5.11 Å². The SMILES string of the molecule is OCCn1c(Sc2ccc(Cl)c(Cl)c2)nc2ccccc21. The molecule has 3 nitrogen and oxygen atoms in total. The van der Waals surface area contributed by atoms with Gasteiger partial charge < -0.3 is 9.67 Å². The fourth-order valence-electron chi connectivity index (χ4n) is 2.09. The number of benzene rings is 2. The number of nitrogens with zero attached hydrogens (tertiary/aromatic N) is 2. The van der Waals surface area contributed by atoms with Crippen LogP contribution in [0, 0.1) is 0 Å². The van der Waals surface area contributed by atoms with E-state index in [0.717, 1.165) is 21.1 Å². The highest BCUT2D eigenvalue weighted by molar-refractivity contribution is 7.99. The third-order valence-corrected chi connectivity index (χ3v) is 4.77. The summed E-state index contributed by atoms with van der Waals surface area (Å²) in [7, 11) is 0. The molecule has 0 saturated heterocycles. The standard InChI is InChI=1S/C15H12Cl2N2OS/c16-11-6-5-10(9-12(11)17)21-15-18-13-3-1-2-4-14(13)19(15)7-8-20/h1-6,9,20H,7-8H2. The molecule has 0 amide bonds. The van der Waals surface area contributed by atoms with Gasteiger partial charge in [0.2, 0.25) is 0 Å². The Morgan fingerprint density at radius 1 is 1.10 bits per heavy atom. The van der Waals surface area contributed by atoms with E-state index in [1.54, 1.807) is 6.07 Å². The summed E-state index contributed by atoms with van der Waals surface area (Å²) >= 11 is 13.5.